The summed E-state index contributed by atoms with van der Waals surface area (Å²) in [5, 5.41) is 18.5. The molecule has 134 valence electrons. The number of likely N-dealkylation sites (tertiary alicyclic amines) is 1. The van der Waals surface area contributed by atoms with Crippen molar-refractivity contribution in [2.45, 2.75) is 38.3 Å². The molecule has 10 heteroatoms. The van der Waals surface area contributed by atoms with Gasteiger partial charge in [0.2, 0.25) is 5.89 Å². The van der Waals surface area contributed by atoms with Crippen LogP contribution in [0.3, 0.4) is 0 Å². The molecule has 1 aromatic heterocycles. The first-order valence-corrected chi connectivity index (χ1v) is 8.09. The first kappa shape index (κ1) is 18.1. The molecule has 0 aromatic carbocycles. The molecule has 1 atom stereocenters. The maximum Gasteiger partial charge on any atom is 0.315 e. The second-order valence-electron chi connectivity index (χ2n) is 5.81. The zero-order valence-electron chi connectivity index (χ0n) is 13.5. The van der Waals surface area contributed by atoms with E-state index in [0.717, 1.165) is 25.9 Å². The molecule has 2 heterocycles. The minimum Gasteiger partial charge on any atom is -0.390 e. The summed E-state index contributed by atoms with van der Waals surface area (Å²) in [5.41, 5.74) is 5.00. The van der Waals surface area contributed by atoms with Crippen LogP contribution in [0.2, 0.25) is 0 Å². The molecule has 5 N–H and O–H groups in total. The van der Waals surface area contributed by atoms with Gasteiger partial charge in [0.15, 0.2) is 0 Å². The van der Waals surface area contributed by atoms with E-state index in [4.69, 9.17) is 10.3 Å². The van der Waals surface area contributed by atoms with Crippen molar-refractivity contribution in [2.24, 2.45) is 5.73 Å². The van der Waals surface area contributed by atoms with Gasteiger partial charge in [-0.3, -0.25) is 4.79 Å². The van der Waals surface area contributed by atoms with Gasteiger partial charge in [-0.25, -0.2) is 4.79 Å². The van der Waals surface area contributed by atoms with E-state index in [1.807, 2.05) is 0 Å². The third kappa shape index (κ3) is 6.13. The molecule has 1 aromatic rings. The summed E-state index contributed by atoms with van der Waals surface area (Å²) in [7, 11) is 0. The third-order valence-corrected chi connectivity index (χ3v) is 3.75. The smallest absolute Gasteiger partial charge is 0.315 e. The van der Waals surface area contributed by atoms with Gasteiger partial charge < -0.3 is 30.9 Å². The Hall–Kier alpha value is -2.20. The molecule has 0 unspecified atom stereocenters. The topological polar surface area (TPSA) is 147 Å². The van der Waals surface area contributed by atoms with E-state index < -0.39 is 18.0 Å². The largest absolute Gasteiger partial charge is 0.390 e. The SMILES string of the molecule is NC(=O)c1noc(CNC(=O)NC[C@@H](O)CN2CCCCCC2)n1. The van der Waals surface area contributed by atoms with Gasteiger partial charge in [-0.05, 0) is 25.9 Å². The number of primary amides is 1. The van der Waals surface area contributed by atoms with Crippen molar-refractivity contribution in [3.8, 4) is 0 Å². The zero-order valence-corrected chi connectivity index (χ0v) is 13.5. The molecule has 0 bridgehead atoms. The van der Waals surface area contributed by atoms with E-state index in [9.17, 15) is 14.7 Å². The number of nitrogens with two attached hydrogens (primary N) is 1. The molecule has 1 fully saturated rings. The quantitative estimate of drug-likeness (QED) is 0.508. The molecule has 2 rings (SSSR count). The summed E-state index contributed by atoms with van der Waals surface area (Å²) in [6, 6.07) is -0.469. The predicted octanol–water partition coefficient (Wildman–Crippen LogP) is -0.795. The van der Waals surface area contributed by atoms with Gasteiger partial charge in [-0.1, -0.05) is 18.0 Å². The summed E-state index contributed by atoms with van der Waals surface area (Å²) < 4.78 is 4.75. The van der Waals surface area contributed by atoms with Crippen molar-refractivity contribution in [3.05, 3.63) is 11.7 Å². The number of urea groups is 1. The lowest BCUT2D eigenvalue weighted by molar-refractivity contribution is 0.0987. The van der Waals surface area contributed by atoms with E-state index in [-0.39, 0.29) is 24.8 Å². The van der Waals surface area contributed by atoms with E-state index in [1.54, 1.807) is 0 Å². The molecule has 1 aliphatic heterocycles. The number of carbonyl (C=O) groups is 2. The van der Waals surface area contributed by atoms with Gasteiger partial charge in [-0.2, -0.15) is 4.98 Å². The molecular weight excluding hydrogens is 316 g/mol. The van der Waals surface area contributed by atoms with Crippen LogP contribution in [0.15, 0.2) is 4.52 Å². The Labute approximate surface area is 139 Å². The molecule has 0 aliphatic carbocycles. The first-order chi connectivity index (χ1) is 11.5. The minimum atomic E-state index is -0.800. The van der Waals surface area contributed by atoms with E-state index in [2.05, 4.69) is 25.7 Å². The van der Waals surface area contributed by atoms with Crippen LogP contribution in [0.5, 0.6) is 0 Å². The summed E-state index contributed by atoms with van der Waals surface area (Å²) in [4.78, 5) is 28.4. The fraction of sp³-hybridized carbons (Fsp3) is 0.714. The molecule has 1 aliphatic rings. The molecule has 10 nitrogen and oxygen atoms in total. The number of carbonyl (C=O) groups excluding carboxylic acids is 2. The Morgan fingerprint density at radius 1 is 1.25 bits per heavy atom. The van der Waals surface area contributed by atoms with Gasteiger partial charge >= 0.3 is 6.03 Å². The number of amides is 3. The summed E-state index contributed by atoms with van der Waals surface area (Å²) in [6.07, 6.45) is 4.15. The summed E-state index contributed by atoms with van der Waals surface area (Å²) in [6.45, 7) is 2.64. The Bertz CT molecular complexity index is 541. The molecule has 1 saturated heterocycles. The average Bonchev–Trinajstić information content (AvgIpc) is 2.89. The second-order valence-corrected chi connectivity index (χ2v) is 5.81. The average molecular weight is 340 g/mol. The highest BCUT2D eigenvalue weighted by Gasteiger charge is 2.15. The third-order valence-electron chi connectivity index (χ3n) is 3.75. The summed E-state index contributed by atoms with van der Waals surface area (Å²) in [5.74, 6) is -0.963. The number of rotatable bonds is 7. The molecule has 0 radical (unpaired) electrons. The number of nitrogens with zero attached hydrogens (tertiary/aromatic N) is 3. The van der Waals surface area contributed by atoms with Crippen molar-refractivity contribution < 1.29 is 19.2 Å². The standard InChI is InChI=1S/C14H24N6O4/c15-12(22)13-18-11(24-19-13)8-17-14(23)16-7-10(21)9-20-5-3-1-2-4-6-20/h10,21H,1-9H2,(H2,15,22)(H2,16,17,23)/t10-/m1/s1. The van der Waals surface area contributed by atoms with Crippen molar-refractivity contribution in [2.75, 3.05) is 26.2 Å². The Morgan fingerprint density at radius 2 is 1.96 bits per heavy atom. The second kappa shape index (κ2) is 9.18. The molecule has 3 amide bonds. The maximum atomic E-state index is 11.7. The lowest BCUT2D eigenvalue weighted by Crippen LogP contribution is -2.43. The lowest BCUT2D eigenvalue weighted by atomic mass is 10.2. The van der Waals surface area contributed by atoms with E-state index in [0.29, 0.717) is 6.54 Å². The maximum absolute atomic E-state index is 11.7. The van der Waals surface area contributed by atoms with Crippen LogP contribution in [0, 0.1) is 0 Å². The van der Waals surface area contributed by atoms with Crippen molar-refractivity contribution >= 4 is 11.9 Å². The number of β-amino-alcohol motifs (C(OH)–C–C–N with tert-alkyl or cyclic N) is 1. The number of aromatic nitrogens is 2. The predicted molar refractivity (Wildman–Crippen MR) is 84.0 cm³/mol. The normalized spacial score (nSPS) is 17.0. The van der Waals surface area contributed by atoms with Crippen LogP contribution in [0.25, 0.3) is 0 Å². The van der Waals surface area contributed by atoms with Gasteiger partial charge in [0.05, 0.1) is 12.6 Å². The number of aliphatic hydroxyl groups excluding tert-OH is 1. The Morgan fingerprint density at radius 3 is 2.58 bits per heavy atom. The highest BCUT2D eigenvalue weighted by molar-refractivity contribution is 5.88. The number of hydrogen-bond acceptors (Lipinski definition) is 7. The highest BCUT2D eigenvalue weighted by Crippen LogP contribution is 2.09. The summed E-state index contributed by atoms with van der Waals surface area (Å²) >= 11 is 0. The molecule has 0 spiro atoms. The van der Waals surface area contributed by atoms with Crippen LogP contribution in [0.4, 0.5) is 4.79 Å². The first-order valence-electron chi connectivity index (χ1n) is 8.09. The fourth-order valence-electron chi connectivity index (χ4n) is 2.54. The number of aliphatic hydroxyl groups is 1. The molecular formula is C14H24N6O4. The van der Waals surface area contributed by atoms with E-state index >= 15 is 0 Å². The molecule has 0 saturated carbocycles. The highest BCUT2D eigenvalue weighted by atomic mass is 16.5. The van der Waals surface area contributed by atoms with Crippen LogP contribution in [0.1, 0.15) is 42.2 Å². The van der Waals surface area contributed by atoms with Crippen molar-refractivity contribution in [1.29, 1.82) is 0 Å². The zero-order chi connectivity index (χ0) is 17.4. The monoisotopic (exact) mass is 340 g/mol. The van der Waals surface area contributed by atoms with Gasteiger partial charge in [0.25, 0.3) is 11.7 Å². The van der Waals surface area contributed by atoms with Crippen LogP contribution >= 0.6 is 0 Å². The minimum absolute atomic E-state index is 0.0334. The van der Waals surface area contributed by atoms with Crippen LogP contribution in [-0.4, -0.2) is 64.4 Å². The number of hydrogen-bond donors (Lipinski definition) is 4. The van der Waals surface area contributed by atoms with Crippen LogP contribution < -0.4 is 16.4 Å². The van der Waals surface area contributed by atoms with Crippen molar-refractivity contribution in [1.82, 2.24) is 25.7 Å². The lowest BCUT2D eigenvalue weighted by Gasteiger charge is -2.23. The Kier molecular flexibility index (Phi) is 6.94. The van der Waals surface area contributed by atoms with Gasteiger partial charge in [0.1, 0.15) is 0 Å². The van der Waals surface area contributed by atoms with Gasteiger partial charge in [-0.15, -0.1) is 0 Å². The van der Waals surface area contributed by atoms with Crippen molar-refractivity contribution in [3.63, 3.8) is 0 Å². The fourth-order valence-corrected chi connectivity index (χ4v) is 2.54. The van der Waals surface area contributed by atoms with Crippen LogP contribution in [-0.2, 0) is 6.54 Å². The molecule has 24 heavy (non-hydrogen) atoms. The number of nitrogens with one attached hydrogen (secondary N) is 2. The van der Waals surface area contributed by atoms with E-state index in [1.165, 1.54) is 12.8 Å². The Balaban J connectivity index is 1.63. The van der Waals surface area contributed by atoms with Gasteiger partial charge in [0, 0.05) is 13.1 Å².